The molecule has 0 saturated carbocycles. The van der Waals surface area contributed by atoms with Crippen LogP contribution in [0.15, 0.2) is 29.2 Å². The van der Waals surface area contributed by atoms with Crippen LogP contribution in [0.2, 0.25) is 0 Å². The van der Waals surface area contributed by atoms with Crippen LogP contribution in [0.3, 0.4) is 0 Å². The molecule has 1 aromatic rings. The average Bonchev–Trinajstić information content (AvgIpc) is 2.96. The highest BCUT2D eigenvalue weighted by Crippen LogP contribution is 2.28. The topological polar surface area (TPSA) is 52.7 Å². The Hall–Kier alpha value is -1.53. The fourth-order valence-corrected chi connectivity index (χ4v) is 3.70. The van der Waals surface area contributed by atoms with Crippen LogP contribution in [0, 0.1) is 5.92 Å². The number of amides is 2. The number of carbonyl (C=O) groups is 2. The van der Waals surface area contributed by atoms with Crippen LogP contribution in [0.4, 0.5) is 5.69 Å². The molecule has 2 heterocycles. The molecule has 2 fully saturated rings. The summed E-state index contributed by atoms with van der Waals surface area (Å²) in [5.41, 5.74) is 0.886. The number of rotatable bonds is 3. The van der Waals surface area contributed by atoms with Crippen molar-refractivity contribution in [3.8, 4) is 0 Å². The van der Waals surface area contributed by atoms with E-state index < -0.39 is 0 Å². The minimum Gasteiger partial charge on any atom is -0.337 e. The minimum absolute atomic E-state index is 0.0445. The zero-order chi connectivity index (χ0) is 16.4. The molecule has 0 bridgehead atoms. The van der Waals surface area contributed by atoms with E-state index in [-0.39, 0.29) is 23.8 Å². The van der Waals surface area contributed by atoms with Crippen molar-refractivity contribution in [2.24, 2.45) is 5.92 Å². The van der Waals surface area contributed by atoms with Gasteiger partial charge in [0.2, 0.25) is 11.8 Å². The monoisotopic (exact) mass is 333 g/mol. The second-order valence-corrected chi connectivity index (χ2v) is 7.07. The largest absolute Gasteiger partial charge is 0.337 e. The summed E-state index contributed by atoms with van der Waals surface area (Å²) in [7, 11) is 0. The van der Waals surface area contributed by atoms with Crippen molar-refractivity contribution in [3.63, 3.8) is 0 Å². The van der Waals surface area contributed by atoms with Crippen LogP contribution < -0.4 is 10.2 Å². The van der Waals surface area contributed by atoms with Gasteiger partial charge in [-0.2, -0.15) is 0 Å². The van der Waals surface area contributed by atoms with Crippen LogP contribution in [0.5, 0.6) is 0 Å². The number of carbonyl (C=O) groups excluding carboxylic acids is 2. The molecular formula is C17H23N3O2S. The zero-order valence-corrected chi connectivity index (χ0v) is 14.4. The van der Waals surface area contributed by atoms with Gasteiger partial charge in [-0.25, -0.2) is 0 Å². The van der Waals surface area contributed by atoms with Crippen molar-refractivity contribution in [2.75, 3.05) is 37.3 Å². The summed E-state index contributed by atoms with van der Waals surface area (Å²) >= 11 is 1.68. The van der Waals surface area contributed by atoms with E-state index in [1.54, 1.807) is 16.7 Å². The van der Waals surface area contributed by atoms with Crippen molar-refractivity contribution < 1.29 is 9.59 Å². The van der Waals surface area contributed by atoms with Crippen LogP contribution >= 0.6 is 11.8 Å². The lowest BCUT2D eigenvalue weighted by molar-refractivity contribution is -0.138. The van der Waals surface area contributed by atoms with Gasteiger partial charge in [0.15, 0.2) is 0 Å². The molecule has 2 amide bonds. The van der Waals surface area contributed by atoms with Gasteiger partial charge in [-0.05, 0) is 37.4 Å². The quantitative estimate of drug-likeness (QED) is 0.854. The average molecular weight is 333 g/mol. The van der Waals surface area contributed by atoms with Gasteiger partial charge in [-0.1, -0.05) is 0 Å². The summed E-state index contributed by atoms with van der Waals surface area (Å²) in [6.45, 7) is 4.93. The molecule has 124 valence electrons. The number of hydrogen-bond donors (Lipinski definition) is 1. The molecule has 2 saturated heterocycles. The first kappa shape index (κ1) is 16.3. The molecule has 2 atom stereocenters. The first-order valence-corrected chi connectivity index (χ1v) is 9.28. The molecular weight excluding hydrogens is 310 g/mol. The first-order valence-electron chi connectivity index (χ1n) is 8.05. The molecule has 2 aliphatic heterocycles. The van der Waals surface area contributed by atoms with Gasteiger partial charge < -0.3 is 15.1 Å². The Morgan fingerprint density at radius 3 is 2.70 bits per heavy atom. The van der Waals surface area contributed by atoms with Crippen LogP contribution in [0.1, 0.15) is 13.3 Å². The fourth-order valence-electron chi connectivity index (χ4n) is 3.29. The third kappa shape index (κ3) is 3.38. The third-order valence-electron chi connectivity index (χ3n) is 4.64. The van der Waals surface area contributed by atoms with Gasteiger partial charge in [0.25, 0.3) is 0 Å². The standard InChI is InChI=1S/C17H23N3O2S/c1-12-10-18-7-8-19(12)17(22)13-9-16(21)20(11-13)14-3-5-15(23-2)6-4-14/h3-6,12-13,18H,7-11H2,1-2H3/t12-,13?/m0/s1. The smallest absolute Gasteiger partial charge is 0.228 e. The van der Waals surface area contributed by atoms with Crippen molar-refractivity contribution in [3.05, 3.63) is 24.3 Å². The number of piperazine rings is 1. The van der Waals surface area contributed by atoms with E-state index >= 15 is 0 Å². The van der Waals surface area contributed by atoms with E-state index in [9.17, 15) is 9.59 Å². The second kappa shape index (κ2) is 6.93. The van der Waals surface area contributed by atoms with Crippen LogP contribution in [0.25, 0.3) is 0 Å². The van der Waals surface area contributed by atoms with Gasteiger partial charge in [0.05, 0.1) is 5.92 Å². The lowest BCUT2D eigenvalue weighted by atomic mass is 10.1. The van der Waals surface area contributed by atoms with Crippen LogP contribution in [-0.2, 0) is 9.59 Å². The Balaban J connectivity index is 1.70. The number of thioether (sulfide) groups is 1. The molecule has 23 heavy (non-hydrogen) atoms. The van der Waals surface area contributed by atoms with E-state index in [1.165, 1.54) is 4.90 Å². The molecule has 3 rings (SSSR count). The molecule has 0 spiro atoms. The number of nitrogens with one attached hydrogen (secondary N) is 1. The number of hydrogen-bond acceptors (Lipinski definition) is 4. The summed E-state index contributed by atoms with van der Waals surface area (Å²) in [6, 6.07) is 8.15. The second-order valence-electron chi connectivity index (χ2n) is 6.19. The highest BCUT2D eigenvalue weighted by Gasteiger charge is 2.38. The molecule has 0 radical (unpaired) electrons. The maximum Gasteiger partial charge on any atom is 0.228 e. The molecule has 0 aliphatic carbocycles. The summed E-state index contributed by atoms with van der Waals surface area (Å²) in [4.78, 5) is 29.9. The van der Waals surface area contributed by atoms with Gasteiger partial charge in [-0.15, -0.1) is 11.8 Å². The normalized spacial score (nSPS) is 25.0. The SMILES string of the molecule is CSc1ccc(N2CC(C(=O)N3CCNC[C@@H]3C)CC2=O)cc1. The molecule has 5 nitrogen and oxygen atoms in total. The summed E-state index contributed by atoms with van der Waals surface area (Å²) in [5, 5.41) is 3.29. The van der Waals surface area contributed by atoms with E-state index in [1.807, 2.05) is 35.4 Å². The number of benzene rings is 1. The van der Waals surface area contributed by atoms with E-state index in [0.717, 1.165) is 25.3 Å². The van der Waals surface area contributed by atoms with Crippen molar-refractivity contribution >= 4 is 29.3 Å². The van der Waals surface area contributed by atoms with E-state index in [0.29, 0.717) is 13.0 Å². The van der Waals surface area contributed by atoms with Crippen molar-refractivity contribution in [1.29, 1.82) is 0 Å². The molecule has 0 aromatic heterocycles. The van der Waals surface area contributed by atoms with Crippen LogP contribution in [-0.4, -0.2) is 55.2 Å². The molecule has 2 aliphatic rings. The summed E-state index contributed by atoms with van der Waals surface area (Å²) < 4.78 is 0. The highest BCUT2D eigenvalue weighted by molar-refractivity contribution is 7.98. The van der Waals surface area contributed by atoms with Gasteiger partial charge in [0, 0.05) is 49.2 Å². The van der Waals surface area contributed by atoms with Crippen molar-refractivity contribution in [2.45, 2.75) is 24.3 Å². The van der Waals surface area contributed by atoms with Gasteiger partial charge in [0.1, 0.15) is 0 Å². The van der Waals surface area contributed by atoms with E-state index in [2.05, 4.69) is 12.2 Å². The summed E-state index contributed by atoms with van der Waals surface area (Å²) in [5.74, 6) is -0.0538. The predicted molar refractivity (Wildman–Crippen MR) is 92.7 cm³/mol. The van der Waals surface area contributed by atoms with E-state index in [4.69, 9.17) is 0 Å². The number of anilines is 1. The molecule has 6 heteroatoms. The fraction of sp³-hybridized carbons (Fsp3) is 0.529. The Morgan fingerprint density at radius 2 is 2.04 bits per heavy atom. The van der Waals surface area contributed by atoms with Gasteiger partial charge in [-0.3, -0.25) is 9.59 Å². The zero-order valence-electron chi connectivity index (χ0n) is 13.6. The molecule has 1 aromatic carbocycles. The lowest BCUT2D eigenvalue weighted by Gasteiger charge is -2.35. The predicted octanol–water partition coefficient (Wildman–Crippen LogP) is 1.58. The number of nitrogens with zero attached hydrogens (tertiary/aromatic N) is 2. The first-order chi connectivity index (χ1) is 11.1. The molecule has 1 unspecified atom stereocenters. The Labute approximate surface area is 141 Å². The van der Waals surface area contributed by atoms with Crippen molar-refractivity contribution in [1.82, 2.24) is 10.2 Å². The van der Waals surface area contributed by atoms with Gasteiger partial charge >= 0.3 is 0 Å². The highest BCUT2D eigenvalue weighted by atomic mass is 32.2. The maximum atomic E-state index is 12.7. The Kier molecular flexibility index (Phi) is 4.92. The minimum atomic E-state index is -0.219. The lowest BCUT2D eigenvalue weighted by Crippen LogP contribution is -2.54. The summed E-state index contributed by atoms with van der Waals surface area (Å²) in [6.07, 6.45) is 2.35. The third-order valence-corrected chi connectivity index (χ3v) is 5.39. The molecule has 1 N–H and O–H groups in total. The Bertz CT molecular complexity index is 590. The maximum absolute atomic E-state index is 12.7. The Morgan fingerprint density at radius 1 is 1.30 bits per heavy atom.